The second kappa shape index (κ2) is 2.47. The summed E-state index contributed by atoms with van der Waals surface area (Å²) in [5, 5.41) is 0. The summed E-state index contributed by atoms with van der Waals surface area (Å²) in [6, 6.07) is 0. The predicted octanol–water partition coefficient (Wildman–Crippen LogP) is 1.15. The van der Waals surface area contributed by atoms with Gasteiger partial charge in [0.25, 0.3) is 0 Å². The summed E-state index contributed by atoms with van der Waals surface area (Å²) >= 11 is 0. The highest BCUT2D eigenvalue weighted by atomic mass is 19.2. The molecule has 0 amide bonds. The average molecular weight is 174 g/mol. The van der Waals surface area contributed by atoms with Gasteiger partial charge in [-0.15, -0.1) is 0 Å². The number of ketones is 2. The molecule has 0 aromatic heterocycles. The first kappa shape index (κ1) is 9.03. The summed E-state index contributed by atoms with van der Waals surface area (Å²) in [5.41, 5.74) is -2.37. The van der Waals surface area contributed by atoms with Gasteiger partial charge in [-0.1, -0.05) is 0 Å². The third-order valence-electron chi connectivity index (χ3n) is 1.82. The first-order chi connectivity index (χ1) is 5.36. The summed E-state index contributed by atoms with van der Waals surface area (Å²) in [5.74, 6) is -2.24. The standard InChI is InChI=1S/C8H8F2O2/c1-4-3-8(2,10)7(12)5(9)6(4)11/h3,5H,1-2H3/t5-,8+/m1/s1. The summed E-state index contributed by atoms with van der Waals surface area (Å²) < 4.78 is 25.9. The second-order valence-corrected chi connectivity index (χ2v) is 2.99. The molecular weight excluding hydrogens is 166 g/mol. The van der Waals surface area contributed by atoms with Gasteiger partial charge in [0.15, 0.2) is 11.5 Å². The van der Waals surface area contributed by atoms with Crippen LogP contribution in [0, 0.1) is 0 Å². The molecule has 0 heterocycles. The van der Waals surface area contributed by atoms with Crippen molar-refractivity contribution in [2.75, 3.05) is 0 Å². The Hall–Kier alpha value is -1.06. The van der Waals surface area contributed by atoms with Crippen LogP contribution in [0.15, 0.2) is 11.6 Å². The number of hydrogen-bond acceptors (Lipinski definition) is 2. The number of hydrogen-bond donors (Lipinski definition) is 0. The van der Waals surface area contributed by atoms with Crippen molar-refractivity contribution in [3.8, 4) is 0 Å². The third kappa shape index (κ3) is 1.17. The molecule has 0 radical (unpaired) electrons. The molecule has 4 heteroatoms. The number of alkyl halides is 2. The summed E-state index contributed by atoms with van der Waals surface area (Å²) in [7, 11) is 0. The smallest absolute Gasteiger partial charge is 0.224 e. The molecule has 0 unspecified atom stereocenters. The second-order valence-electron chi connectivity index (χ2n) is 2.99. The Morgan fingerprint density at radius 3 is 2.50 bits per heavy atom. The maximum Gasteiger partial charge on any atom is 0.224 e. The molecule has 1 aliphatic carbocycles. The molecule has 2 atom stereocenters. The van der Waals surface area contributed by atoms with Crippen molar-refractivity contribution >= 4 is 11.6 Å². The molecule has 0 saturated carbocycles. The van der Waals surface area contributed by atoms with E-state index in [9.17, 15) is 18.4 Å². The van der Waals surface area contributed by atoms with Crippen LogP contribution >= 0.6 is 0 Å². The Balaban J connectivity index is 3.17. The number of carbonyl (C=O) groups excluding carboxylic acids is 2. The van der Waals surface area contributed by atoms with E-state index < -0.39 is 23.4 Å². The predicted molar refractivity (Wildman–Crippen MR) is 38.2 cm³/mol. The van der Waals surface area contributed by atoms with E-state index in [1.165, 1.54) is 6.92 Å². The minimum atomic E-state index is -2.34. The molecule has 0 fully saturated rings. The van der Waals surface area contributed by atoms with E-state index >= 15 is 0 Å². The number of carbonyl (C=O) groups is 2. The highest BCUT2D eigenvalue weighted by Gasteiger charge is 2.44. The van der Waals surface area contributed by atoms with Gasteiger partial charge >= 0.3 is 0 Å². The number of rotatable bonds is 0. The van der Waals surface area contributed by atoms with E-state index in [4.69, 9.17) is 0 Å². The minimum absolute atomic E-state index is 0.0351. The van der Waals surface area contributed by atoms with Crippen LogP contribution in [-0.2, 0) is 9.59 Å². The zero-order valence-electron chi connectivity index (χ0n) is 6.73. The maximum atomic E-state index is 13.1. The van der Waals surface area contributed by atoms with Gasteiger partial charge in [0.05, 0.1) is 0 Å². The first-order valence-corrected chi connectivity index (χ1v) is 3.47. The van der Waals surface area contributed by atoms with Crippen molar-refractivity contribution in [3.63, 3.8) is 0 Å². The van der Waals surface area contributed by atoms with Crippen LogP contribution in [-0.4, -0.2) is 23.4 Å². The van der Waals surface area contributed by atoms with E-state index in [0.29, 0.717) is 0 Å². The van der Waals surface area contributed by atoms with Gasteiger partial charge < -0.3 is 0 Å². The van der Waals surface area contributed by atoms with Gasteiger partial charge in [0, 0.05) is 0 Å². The van der Waals surface area contributed by atoms with Gasteiger partial charge in [0.2, 0.25) is 12.0 Å². The van der Waals surface area contributed by atoms with E-state index in [-0.39, 0.29) is 5.57 Å². The van der Waals surface area contributed by atoms with Crippen molar-refractivity contribution in [2.45, 2.75) is 25.7 Å². The van der Waals surface area contributed by atoms with Gasteiger partial charge in [-0.3, -0.25) is 9.59 Å². The van der Waals surface area contributed by atoms with Crippen LogP contribution in [0.2, 0.25) is 0 Å². The van der Waals surface area contributed by atoms with Crippen LogP contribution in [0.5, 0.6) is 0 Å². The molecular formula is C8H8F2O2. The molecule has 0 aromatic rings. The molecule has 0 bridgehead atoms. The molecule has 0 aromatic carbocycles. The van der Waals surface area contributed by atoms with Crippen LogP contribution in [0.3, 0.4) is 0 Å². The van der Waals surface area contributed by atoms with Crippen molar-refractivity contribution in [1.82, 2.24) is 0 Å². The fourth-order valence-electron chi connectivity index (χ4n) is 1.12. The maximum absolute atomic E-state index is 13.1. The van der Waals surface area contributed by atoms with Crippen LogP contribution < -0.4 is 0 Å². The lowest BCUT2D eigenvalue weighted by Gasteiger charge is -2.22. The number of halogens is 2. The van der Waals surface area contributed by atoms with Crippen molar-refractivity contribution in [3.05, 3.63) is 11.6 Å². The molecule has 2 nitrogen and oxygen atoms in total. The quantitative estimate of drug-likeness (QED) is 0.516. The fourth-order valence-corrected chi connectivity index (χ4v) is 1.12. The Labute approximate surface area is 68.3 Å². The first-order valence-electron chi connectivity index (χ1n) is 3.47. The number of allylic oxidation sites excluding steroid dienone is 2. The van der Waals surface area contributed by atoms with Gasteiger partial charge in [-0.25, -0.2) is 8.78 Å². The van der Waals surface area contributed by atoms with Crippen molar-refractivity contribution in [1.29, 1.82) is 0 Å². The Bertz CT molecular complexity index is 279. The topological polar surface area (TPSA) is 34.1 Å². The van der Waals surface area contributed by atoms with Gasteiger partial charge in [0.1, 0.15) is 0 Å². The zero-order valence-corrected chi connectivity index (χ0v) is 6.73. The third-order valence-corrected chi connectivity index (χ3v) is 1.82. The Kier molecular flexibility index (Phi) is 1.86. The highest BCUT2D eigenvalue weighted by Crippen LogP contribution is 2.26. The Morgan fingerprint density at radius 2 is 2.00 bits per heavy atom. The summed E-state index contributed by atoms with van der Waals surface area (Å²) in [6.45, 7) is 2.23. The summed E-state index contributed by atoms with van der Waals surface area (Å²) in [4.78, 5) is 21.6. The summed E-state index contributed by atoms with van der Waals surface area (Å²) in [6.07, 6.45) is -1.47. The minimum Gasteiger partial charge on any atom is -0.292 e. The van der Waals surface area contributed by atoms with Gasteiger partial charge in [-0.05, 0) is 25.5 Å². The molecule has 0 spiro atoms. The van der Waals surface area contributed by atoms with Crippen LogP contribution in [0.1, 0.15) is 13.8 Å². The Morgan fingerprint density at radius 1 is 1.50 bits per heavy atom. The molecule has 66 valence electrons. The molecule has 0 N–H and O–H groups in total. The van der Waals surface area contributed by atoms with Crippen molar-refractivity contribution in [2.24, 2.45) is 0 Å². The van der Waals surface area contributed by atoms with E-state index in [2.05, 4.69) is 0 Å². The lowest BCUT2D eigenvalue weighted by Crippen LogP contribution is -2.44. The monoisotopic (exact) mass is 174 g/mol. The van der Waals surface area contributed by atoms with E-state index in [0.717, 1.165) is 13.0 Å². The largest absolute Gasteiger partial charge is 0.292 e. The van der Waals surface area contributed by atoms with Crippen LogP contribution in [0.4, 0.5) is 8.78 Å². The van der Waals surface area contributed by atoms with Crippen LogP contribution in [0.25, 0.3) is 0 Å². The van der Waals surface area contributed by atoms with E-state index in [1.54, 1.807) is 0 Å². The zero-order chi connectivity index (χ0) is 9.52. The van der Waals surface area contributed by atoms with Gasteiger partial charge in [-0.2, -0.15) is 0 Å². The lowest BCUT2D eigenvalue weighted by molar-refractivity contribution is -0.139. The highest BCUT2D eigenvalue weighted by molar-refractivity contribution is 6.18. The fraction of sp³-hybridized carbons (Fsp3) is 0.500. The van der Waals surface area contributed by atoms with E-state index in [1.807, 2.05) is 0 Å². The number of Topliss-reactive ketones (excluding diaryl/α,β-unsaturated/α-hetero) is 2. The molecule has 0 saturated heterocycles. The molecule has 1 rings (SSSR count). The molecule has 12 heavy (non-hydrogen) atoms. The normalized spacial score (nSPS) is 36.7. The molecule has 0 aliphatic heterocycles. The molecule has 1 aliphatic rings. The lowest BCUT2D eigenvalue weighted by atomic mass is 9.87. The average Bonchev–Trinajstić information content (AvgIpc) is 1.97. The van der Waals surface area contributed by atoms with Crippen molar-refractivity contribution < 1.29 is 18.4 Å². The SMILES string of the molecule is CC1=C[C@](C)(F)C(=O)[C@H](F)C1=O.